The summed E-state index contributed by atoms with van der Waals surface area (Å²) in [6.45, 7) is 1.91. The average Bonchev–Trinajstić information content (AvgIpc) is 2.86. The first-order valence-electron chi connectivity index (χ1n) is 7.07. The highest BCUT2D eigenvalue weighted by molar-refractivity contribution is 5.95. The number of rotatable bonds is 2. The molecule has 6 nitrogen and oxygen atoms in total. The standard InChI is InChI=1S/C15H17NO5/c17-14(16-5-4-11(9-16)15(18)19)10-2-3-12-13(8-10)21-7-1-6-20-12/h2-3,8,11H,1,4-7,9H2,(H,18,19)/t11-/m1/s1. The van der Waals surface area contributed by atoms with Crippen molar-refractivity contribution in [3.05, 3.63) is 23.8 Å². The molecule has 0 aromatic heterocycles. The van der Waals surface area contributed by atoms with Crippen LogP contribution in [0.15, 0.2) is 18.2 Å². The molecular weight excluding hydrogens is 274 g/mol. The van der Waals surface area contributed by atoms with Gasteiger partial charge in [0.1, 0.15) is 0 Å². The fourth-order valence-corrected chi connectivity index (χ4v) is 2.63. The van der Waals surface area contributed by atoms with Crippen molar-refractivity contribution in [2.24, 2.45) is 5.92 Å². The van der Waals surface area contributed by atoms with E-state index < -0.39 is 11.9 Å². The van der Waals surface area contributed by atoms with E-state index in [1.807, 2.05) is 0 Å². The Morgan fingerprint density at radius 1 is 1.19 bits per heavy atom. The maximum atomic E-state index is 12.4. The lowest BCUT2D eigenvalue weighted by Crippen LogP contribution is -2.29. The van der Waals surface area contributed by atoms with Crippen molar-refractivity contribution in [2.75, 3.05) is 26.3 Å². The summed E-state index contributed by atoms with van der Waals surface area (Å²) in [6.07, 6.45) is 1.32. The highest BCUT2D eigenvalue weighted by Gasteiger charge is 2.31. The second-order valence-corrected chi connectivity index (χ2v) is 5.29. The van der Waals surface area contributed by atoms with Gasteiger partial charge in [0.15, 0.2) is 11.5 Å². The van der Waals surface area contributed by atoms with Gasteiger partial charge < -0.3 is 19.5 Å². The van der Waals surface area contributed by atoms with Gasteiger partial charge in [-0.2, -0.15) is 0 Å². The molecule has 21 heavy (non-hydrogen) atoms. The van der Waals surface area contributed by atoms with E-state index in [1.54, 1.807) is 23.1 Å². The Morgan fingerprint density at radius 3 is 2.67 bits per heavy atom. The monoisotopic (exact) mass is 291 g/mol. The molecule has 1 amide bonds. The molecule has 1 fully saturated rings. The van der Waals surface area contributed by atoms with Crippen LogP contribution in [0.3, 0.4) is 0 Å². The molecule has 3 rings (SSSR count). The van der Waals surface area contributed by atoms with E-state index in [1.165, 1.54) is 0 Å². The lowest BCUT2D eigenvalue weighted by Gasteiger charge is -2.17. The smallest absolute Gasteiger partial charge is 0.308 e. The zero-order valence-electron chi connectivity index (χ0n) is 11.6. The zero-order valence-corrected chi connectivity index (χ0v) is 11.6. The molecule has 1 atom stereocenters. The number of benzene rings is 1. The van der Waals surface area contributed by atoms with Crippen LogP contribution in [0, 0.1) is 5.92 Å². The van der Waals surface area contributed by atoms with Crippen LogP contribution >= 0.6 is 0 Å². The van der Waals surface area contributed by atoms with Crippen LogP contribution in [0.2, 0.25) is 0 Å². The third-order valence-electron chi connectivity index (χ3n) is 3.82. The second kappa shape index (κ2) is 5.63. The van der Waals surface area contributed by atoms with Crippen LogP contribution in [0.5, 0.6) is 11.5 Å². The number of hydrogen-bond donors (Lipinski definition) is 1. The van der Waals surface area contributed by atoms with Crippen LogP contribution in [-0.4, -0.2) is 48.2 Å². The minimum Gasteiger partial charge on any atom is -0.490 e. The van der Waals surface area contributed by atoms with Crippen molar-refractivity contribution < 1.29 is 24.2 Å². The largest absolute Gasteiger partial charge is 0.490 e. The zero-order chi connectivity index (χ0) is 14.8. The number of carbonyl (C=O) groups is 2. The topological polar surface area (TPSA) is 76.1 Å². The molecule has 112 valence electrons. The quantitative estimate of drug-likeness (QED) is 0.891. The van der Waals surface area contributed by atoms with Gasteiger partial charge in [-0.25, -0.2) is 0 Å². The summed E-state index contributed by atoms with van der Waals surface area (Å²) >= 11 is 0. The number of ether oxygens (including phenoxy) is 2. The number of carbonyl (C=O) groups excluding carboxylic acids is 1. The predicted octanol–water partition coefficient (Wildman–Crippen LogP) is 1.39. The number of hydrogen-bond acceptors (Lipinski definition) is 4. The lowest BCUT2D eigenvalue weighted by atomic mass is 10.1. The summed E-state index contributed by atoms with van der Waals surface area (Å²) in [5.74, 6) is -0.242. The molecule has 1 aromatic rings. The predicted molar refractivity (Wildman–Crippen MR) is 73.7 cm³/mol. The first-order valence-corrected chi connectivity index (χ1v) is 7.07. The van der Waals surface area contributed by atoms with Crippen molar-refractivity contribution in [3.8, 4) is 11.5 Å². The van der Waals surface area contributed by atoms with Crippen LogP contribution in [0.25, 0.3) is 0 Å². The number of carboxylic acid groups (broad SMARTS) is 1. The van der Waals surface area contributed by atoms with E-state index >= 15 is 0 Å². The summed E-state index contributed by atoms with van der Waals surface area (Å²) in [7, 11) is 0. The molecule has 6 heteroatoms. The minimum atomic E-state index is -0.844. The van der Waals surface area contributed by atoms with Gasteiger partial charge in [0.2, 0.25) is 0 Å². The Hall–Kier alpha value is -2.24. The second-order valence-electron chi connectivity index (χ2n) is 5.29. The van der Waals surface area contributed by atoms with Gasteiger partial charge >= 0.3 is 5.97 Å². The van der Waals surface area contributed by atoms with Gasteiger partial charge in [0.25, 0.3) is 5.91 Å². The third-order valence-corrected chi connectivity index (χ3v) is 3.82. The van der Waals surface area contributed by atoms with Gasteiger partial charge in [0.05, 0.1) is 19.1 Å². The fourth-order valence-electron chi connectivity index (χ4n) is 2.63. The van der Waals surface area contributed by atoms with E-state index in [-0.39, 0.29) is 12.5 Å². The molecule has 2 aliphatic heterocycles. The fraction of sp³-hybridized carbons (Fsp3) is 0.467. The first-order chi connectivity index (χ1) is 10.1. The molecule has 1 aromatic carbocycles. The molecule has 0 saturated carbocycles. The van der Waals surface area contributed by atoms with Crippen LogP contribution < -0.4 is 9.47 Å². The molecule has 0 spiro atoms. The number of aliphatic carboxylic acids is 1. The molecular formula is C15H17NO5. The van der Waals surface area contributed by atoms with Crippen LogP contribution in [-0.2, 0) is 4.79 Å². The summed E-state index contributed by atoms with van der Waals surface area (Å²) in [4.78, 5) is 25.0. The number of carboxylic acids is 1. The van der Waals surface area contributed by atoms with Crippen molar-refractivity contribution in [2.45, 2.75) is 12.8 Å². The highest BCUT2D eigenvalue weighted by atomic mass is 16.5. The van der Waals surface area contributed by atoms with Gasteiger partial charge in [-0.3, -0.25) is 9.59 Å². The van der Waals surface area contributed by atoms with Crippen LogP contribution in [0.1, 0.15) is 23.2 Å². The van der Waals surface area contributed by atoms with Gasteiger partial charge in [-0.15, -0.1) is 0 Å². The molecule has 0 bridgehead atoms. The number of likely N-dealkylation sites (tertiary alicyclic amines) is 1. The van der Waals surface area contributed by atoms with Crippen molar-refractivity contribution in [1.29, 1.82) is 0 Å². The molecule has 1 N–H and O–H groups in total. The summed E-state index contributed by atoms with van der Waals surface area (Å²) < 4.78 is 11.1. The number of fused-ring (bicyclic) bond motifs is 1. The third kappa shape index (κ3) is 2.79. The van der Waals surface area contributed by atoms with E-state index in [0.29, 0.717) is 43.2 Å². The maximum Gasteiger partial charge on any atom is 0.308 e. The SMILES string of the molecule is O=C(O)[C@@H]1CCN(C(=O)c2ccc3c(c2)OCCCO3)C1. The first kappa shape index (κ1) is 13.7. The summed E-state index contributed by atoms with van der Waals surface area (Å²) in [5, 5.41) is 9.00. The van der Waals surface area contributed by atoms with E-state index in [4.69, 9.17) is 14.6 Å². The molecule has 2 aliphatic rings. The highest BCUT2D eigenvalue weighted by Crippen LogP contribution is 2.31. The number of nitrogens with zero attached hydrogens (tertiary/aromatic N) is 1. The Kier molecular flexibility index (Phi) is 3.68. The summed E-state index contributed by atoms with van der Waals surface area (Å²) in [5.41, 5.74) is 0.505. The Balaban J connectivity index is 1.76. The van der Waals surface area contributed by atoms with Crippen LogP contribution in [0.4, 0.5) is 0 Å². The number of amides is 1. The normalized spacial score (nSPS) is 21.0. The van der Waals surface area contributed by atoms with Crippen molar-refractivity contribution >= 4 is 11.9 Å². The Labute approximate surface area is 122 Å². The maximum absolute atomic E-state index is 12.4. The van der Waals surface area contributed by atoms with Crippen molar-refractivity contribution in [1.82, 2.24) is 4.90 Å². The van der Waals surface area contributed by atoms with Crippen molar-refractivity contribution in [3.63, 3.8) is 0 Å². The van der Waals surface area contributed by atoms with E-state index in [2.05, 4.69) is 0 Å². The van der Waals surface area contributed by atoms with E-state index in [9.17, 15) is 9.59 Å². The lowest BCUT2D eigenvalue weighted by molar-refractivity contribution is -0.141. The Bertz CT molecular complexity index is 571. The van der Waals surface area contributed by atoms with Gasteiger partial charge in [-0.1, -0.05) is 0 Å². The van der Waals surface area contributed by atoms with Gasteiger partial charge in [0, 0.05) is 25.1 Å². The van der Waals surface area contributed by atoms with Gasteiger partial charge in [-0.05, 0) is 24.6 Å². The molecule has 0 radical (unpaired) electrons. The minimum absolute atomic E-state index is 0.158. The average molecular weight is 291 g/mol. The molecule has 1 saturated heterocycles. The molecule has 0 aliphatic carbocycles. The summed E-state index contributed by atoms with van der Waals surface area (Å²) in [6, 6.07) is 5.11. The van der Waals surface area contributed by atoms with E-state index in [0.717, 1.165) is 6.42 Å². The molecule has 0 unspecified atom stereocenters. The Morgan fingerprint density at radius 2 is 1.95 bits per heavy atom. The molecule has 2 heterocycles.